The molecule has 1 unspecified atom stereocenters. The van der Waals surface area contributed by atoms with Crippen LogP contribution in [0, 0.1) is 0 Å². The van der Waals surface area contributed by atoms with Crippen molar-refractivity contribution in [3.8, 4) is 0 Å². The first kappa shape index (κ1) is 10.7. The molecule has 1 amide bonds. The molecule has 0 bridgehead atoms. The molecule has 0 aliphatic rings. The lowest BCUT2D eigenvalue weighted by Crippen LogP contribution is -2.30. The van der Waals surface area contributed by atoms with E-state index in [0.29, 0.717) is 6.54 Å². The van der Waals surface area contributed by atoms with Crippen LogP contribution in [0.3, 0.4) is 0 Å². The fraction of sp³-hybridized carbons (Fsp3) is 0.556. The van der Waals surface area contributed by atoms with Crippen LogP contribution in [0.2, 0.25) is 0 Å². The molecule has 5 heteroatoms. The molecule has 1 atom stereocenters. The van der Waals surface area contributed by atoms with Gasteiger partial charge in [-0.05, 0) is 6.92 Å². The minimum Gasteiger partial charge on any atom is -0.347 e. The second kappa shape index (κ2) is 4.23. The van der Waals surface area contributed by atoms with Gasteiger partial charge in [-0.3, -0.25) is 4.79 Å². The van der Waals surface area contributed by atoms with E-state index >= 15 is 0 Å². The van der Waals surface area contributed by atoms with Gasteiger partial charge in [0, 0.05) is 26.8 Å². The Morgan fingerprint density at radius 2 is 2.36 bits per heavy atom. The summed E-state index contributed by atoms with van der Waals surface area (Å²) >= 11 is 0. The maximum absolute atomic E-state index is 11.6. The minimum atomic E-state index is -0.244. The third-order valence-electron chi connectivity index (χ3n) is 2.17. The van der Waals surface area contributed by atoms with E-state index in [-0.39, 0.29) is 11.9 Å². The van der Waals surface area contributed by atoms with Crippen molar-refractivity contribution in [2.75, 3.05) is 14.1 Å². The first-order valence-corrected chi connectivity index (χ1v) is 4.50. The summed E-state index contributed by atoms with van der Waals surface area (Å²) in [5.74, 6) is 0.0395. The molecule has 0 saturated carbocycles. The van der Waals surface area contributed by atoms with Crippen LogP contribution in [-0.4, -0.2) is 34.5 Å². The molecular weight excluding hydrogens is 180 g/mol. The van der Waals surface area contributed by atoms with Gasteiger partial charge < -0.3 is 15.2 Å². The van der Waals surface area contributed by atoms with Crippen molar-refractivity contribution < 1.29 is 4.79 Å². The summed E-state index contributed by atoms with van der Waals surface area (Å²) in [6.07, 6.45) is 3.31. The number of hydrogen-bond donors (Lipinski definition) is 1. The number of likely N-dealkylation sites (N-methyl/N-ethyl adjacent to an activating group) is 1. The number of nitrogens with two attached hydrogens (primary N) is 1. The summed E-state index contributed by atoms with van der Waals surface area (Å²) in [5.41, 5.74) is 6.39. The van der Waals surface area contributed by atoms with Gasteiger partial charge in [0.25, 0.3) is 0 Å². The molecule has 0 saturated heterocycles. The van der Waals surface area contributed by atoms with Gasteiger partial charge in [-0.1, -0.05) is 0 Å². The summed E-state index contributed by atoms with van der Waals surface area (Å²) in [5, 5.41) is 0. The van der Waals surface area contributed by atoms with Crippen molar-refractivity contribution >= 4 is 5.91 Å². The lowest BCUT2D eigenvalue weighted by atomic mass is 10.3. The Hall–Kier alpha value is -1.36. The van der Waals surface area contributed by atoms with Crippen molar-refractivity contribution in [2.45, 2.75) is 19.5 Å². The average Bonchev–Trinajstić information content (AvgIpc) is 2.62. The zero-order valence-electron chi connectivity index (χ0n) is 8.77. The SMILES string of the molecule is CC(C(=O)N(C)C)n1cncc1CN. The second-order valence-corrected chi connectivity index (χ2v) is 3.41. The molecule has 1 rings (SSSR count). The standard InChI is InChI=1S/C9H16N4O/c1-7(9(14)12(2)3)13-6-11-5-8(13)4-10/h5-7H,4,10H2,1-3H3. The first-order chi connectivity index (χ1) is 6.57. The molecule has 1 heterocycles. The maximum Gasteiger partial charge on any atom is 0.244 e. The zero-order chi connectivity index (χ0) is 10.7. The Morgan fingerprint density at radius 3 is 2.86 bits per heavy atom. The van der Waals surface area contributed by atoms with Gasteiger partial charge in [0.2, 0.25) is 5.91 Å². The maximum atomic E-state index is 11.6. The highest BCUT2D eigenvalue weighted by molar-refractivity contribution is 5.79. The molecule has 1 aromatic rings. The van der Waals surface area contributed by atoms with Crippen LogP contribution in [0.1, 0.15) is 18.7 Å². The summed E-state index contributed by atoms with van der Waals surface area (Å²) < 4.78 is 1.79. The second-order valence-electron chi connectivity index (χ2n) is 3.41. The molecule has 78 valence electrons. The van der Waals surface area contributed by atoms with Gasteiger partial charge in [0.1, 0.15) is 6.04 Å². The van der Waals surface area contributed by atoms with E-state index in [9.17, 15) is 4.79 Å². The van der Waals surface area contributed by atoms with Crippen LogP contribution >= 0.6 is 0 Å². The summed E-state index contributed by atoms with van der Waals surface area (Å²) in [6, 6.07) is -0.244. The van der Waals surface area contributed by atoms with E-state index < -0.39 is 0 Å². The third-order valence-corrected chi connectivity index (χ3v) is 2.17. The van der Waals surface area contributed by atoms with Crippen LogP contribution in [-0.2, 0) is 11.3 Å². The highest BCUT2D eigenvalue weighted by Gasteiger charge is 2.18. The Bertz CT molecular complexity index is 318. The summed E-state index contributed by atoms with van der Waals surface area (Å²) in [7, 11) is 3.47. The van der Waals surface area contributed by atoms with E-state index in [4.69, 9.17) is 5.73 Å². The monoisotopic (exact) mass is 196 g/mol. The molecule has 1 aromatic heterocycles. The number of nitrogens with zero attached hydrogens (tertiary/aromatic N) is 3. The Kier molecular flexibility index (Phi) is 3.24. The molecule has 5 nitrogen and oxygen atoms in total. The van der Waals surface area contributed by atoms with E-state index in [0.717, 1.165) is 5.69 Å². The molecule has 0 spiro atoms. The normalized spacial score (nSPS) is 12.6. The smallest absolute Gasteiger partial charge is 0.244 e. The minimum absolute atomic E-state index is 0.0395. The van der Waals surface area contributed by atoms with Crippen molar-refractivity contribution in [1.29, 1.82) is 0 Å². The number of aromatic nitrogens is 2. The highest BCUT2D eigenvalue weighted by Crippen LogP contribution is 2.11. The number of imidazole rings is 1. The Balaban J connectivity index is 2.88. The zero-order valence-corrected chi connectivity index (χ0v) is 8.77. The van der Waals surface area contributed by atoms with Crippen LogP contribution < -0.4 is 5.73 Å². The van der Waals surface area contributed by atoms with Crippen LogP contribution in [0.15, 0.2) is 12.5 Å². The number of amides is 1. The molecular formula is C9H16N4O. The summed E-state index contributed by atoms with van der Waals surface area (Å²) in [4.78, 5) is 17.2. The van der Waals surface area contributed by atoms with Crippen molar-refractivity contribution in [2.24, 2.45) is 5.73 Å². The van der Waals surface area contributed by atoms with Gasteiger partial charge in [0.15, 0.2) is 0 Å². The number of hydrogen-bond acceptors (Lipinski definition) is 3. The Labute approximate surface area is 83.5 Å². The van der Waals surface area contributed by atoms with Crippen molar-refractivity contribution in [1.82, 2.24) is 14.5 Å². The van der Waals surface area contributed by atoms with Crippen LogP contribution in [0.4, 0.5) is 0 Å². The topological polar surface area (TPSA) is 64.2 Å². The molecule has 2 N–H and O–H groups in total. The molecule has 0 aliphatic carbocycles. The summed E-state index contributed by atoms with van der Waals surface area (Å²) in [6.45, 7) is 2.23. The predicted octanol–water partition coefficient (Wildman–Crippen LogP) is -0.00900. The third kappa shape index (κ3) is 1.93. The first-order valence-electron chi connectivity index (χ1n) is 4.50. The quantitative estimate of drug-likeness (QED) is 0.739. The molecule has 0 fully saturated rings. The predicted molar refractivity (Wildman–Crippen MR) is 53.5 cm³/mol. The van der Waals surface area contributed by atoms with Gasteiger partial charge in [0.05, 0.1) is 12.0 Å². The van der Waals surface area contributed by atoms with Crippen molar-refractivity contribution in [3.63, 3.8) is 0 Å². The fourth-order valence-electron chi connectivity index (χ4n) is 1.33. The number of rotatable bonds is 3. The van der Waals surface area contributed by atoms with E-state index in [1.165, 1.54) is 0 Å². The van der Waals surface area contributed by atoms with Crippen molar-refractivity contribution in [3.05, 3.63) is 18.2 Å². The van der Waals surface area contributed by atoms with E-state index in [1.54, 1.807) is 36.1 Å². The van der Waals surface area contributed by atoms with Gasteiger partial charge in [-0.15, -0.1) is 0 Å². The molecule has 14 heavy (non-hydrogen) atoms. The van der Waals surface area contributed by atoms with Gasteiger partial charge in [-0.2, -0.15) is 0 Å². The molecule has 0 radical (unpaired) electrons. The van der Waals surface area contributed by atoms with Gasteiger partial charge in [-0.25, -0.2) is 4.98 Å². The van der Waals surface area contributed by atoms with E-state index in [1.807, 2.05) is 6.92 Å². The largest absolute Gasteiger partial charge is 0.347 e. The highest BCUT2D eigenvalue weighted by atomic mass is 16.2. The average molecular weight is 196 g/mol. The Morgan fingerprint density at radius 1 is 1.71 bits per heavy atom. The van der Waals surface area contributed by atoms with Gasteiger partial charge >= 0.3 is 0 Å². The number of carbonyl (C=O) groups excluding carboxylic acids is 1. The lowest BCUT2D eigenvalue weighted by molar-refractivity contribution is -0.131. The van der Waals surface area contributed by atoms with Crippen LogP contribution in [0.5, 0.6) is 0 Å². The molecule has 0 aliphatic heterocycles. The van der Waals surface area contributed by atoms with E-state index in [2.05, 4.69) is 4.98 Å². The molecule has 0 aromatic carbocycles. The number of carbonyl (C=O) groups is 1. The lowest BCUT2D eigenvalue weighted by Gasteiger charge is -2.19. The van der Waals surface area contributed by atoms with Crippen LogP contribution in [0.25, 0.3) is 0 Å². The fourth-order valence-corrected chi connectivity index (χ4v) is 1.33.